The highest BCUT2D eigenvalue weighted by atomic mass is 19.1. The quantitative estimate of drug-likeness (QED) is 0.402. The third-order valence-electron chi connectivity index (χ3n) is 5.36. The molecule has 0 saturated heterocycles. The molecule has 2 aromatic carbocycles. The fourth-order valence-corrected chi connectivity index (χ4v) is 3.78. The van der Waals surface area contributed by atoms with Gasteiger partial charge in [0.25, 0.3) is 0 Å². The van der Waals surface area contributed by atoms with E-state index in [1.54, 1.807) is 0 Å². The number of aromatic amines is 1. The number of phenols is 1. The Morgan fingerprint density at radius 1 is 1.18 bits per heavy atom. The second-order valence-corrected chi connectivity index (χ2v) is 8.06. The molecule has 0 bridgehead atoms. The van der Waals surface area contributed by atoms with Crippen LogP contribution in [0.4, 0.5) is 4.39 Å². The van der Waals surface area contributed by atoms with E-state index in [1.165, 1.54) is 12.1 Å². The van der Waals surface area contributed by atoms with Gasteiger partial charge < -0.3 is 14.7 Å². The molecule has 0 aliphatic rings. The standard InChI is InChI=1S/C25H24FN5O2/c1-15-22-23(16-5-8-18(9-6-16)33-12-4-11-31(2)3)20(14-27)24(28-25(22)30-29-15)19-10-7-17(32)13-21(19)26/h5-10,13,32H,4,11-12H2,1-3H3,(H,28,29,30). The molecule has 2 heterocycles. The SMILES string of the molecule is Cc1[nH]nc2nc(-c3ccc(O)cc3F)c(C#N)c(-c3ccc(OCCCN(C)C)cc3)c12. The summed E-state index contributed by atoms with van der Waals surface area (Å²) in [5, 5.41) is 27.5. The zero-order valence-electron chi connectivity index (χ0n) is 18.7. The predicted octanol–water partition coefficient (Wildman–Crippen LogP) is 4.65. The predicted molar refractivity (Wildman–Crippen MR) is 125 cm³/mol. The van der Waals surface area contributed by atoms with E-state index in [1.807, 2.05) is 45.3 Å². The van der Waals surface area contributed by atoms with Crippen LogP contribution in [0, 0.1) is 24.1 Å². The van der Waals surface area contributed by atoms with Crippen molar-refractivity contribution in [1.82, 2.24) is 20.1 Å². The number of aryl methyl sites for hydroxylation is 1. The fourth-order valence-electron chi connectivity index (χ4n) is 3.78. The third-order valence-corrected chi connectivity index (χ3v) is 5.36. The third kappa shape index (κ3) is 4.49. The highest BCUT2D eigenvalue weighted by Crippen LogP contribution is 2.38. The molecule has 168 valence electrons. The van der Waals surface area contributed by atoms with Crippen molar-refractivity contribution in [1.29, 1.82) is 5.26 Å². The number of pyridine rings is 1. The van der Waals surface area contributed by atoms with E-state index in [4.69, 9.17) is 4.74 Å². The maximum absolute atomic E-state index is 14.7. The molecule has 0 radical (unpaired) electrons. The summed E-state index contributed by atoms with van der Waals surface area (Å²) < 4.78 is 20.5. The topological polar surface area (TPSA) is 98.1 Å². The summed E-state index contributed by atoms with van der Waals surface area (Å²) in [4.78, 5) is 6.58. The summed E-state index contributed by atoms with van der Waals surface area (Å²) >= 11 is 0. The van der Waals surface area contributed by atoms with E-state index in [9.17, 15) is 14.8 Å². The monoisotopic (exact) mass is 445 g/mol. The number of nitriles is 1. The van der Waals surface area contributed by atoms with Gasteiger partial charge in [-0.1, -0.05) is 12.1 Å². The lowest BCUT2D eigenvalue weighted by Gasteiger charge is -2.13. The van der Waals surface area contributed by atoms with Gasteiger partial charge in [-0.3, -0.25) is 5.10 Å². The van der Waals surface area contributed by atoms with Crippen molar-refractivity contribution < 1.29 is 14.2 Å². The maximum Gasteiger partial charge on any atom is 0.182 e. The van der Waals surface area contributed by atoms with Gasteiger partial charge in [0.1, 0.15) is 23.4 Å². The van der Waals surface area contributed by atoms with Crippen molar-refractivity contribution in [3.8, 4) is 40.0 Å². The van der Waals surface area contributed by atoms with Crippen molar-refractivity contribution in [3.05, 3.63) is 59.5 Å². The molecular weight excluding hydrogens is 421 g/mol. The number of fused-ring (bicyclic) bond motifs is 1. The number of benzene rings is 2. The Morgan fingerprint density at radius 2 is 1.94 bits per heavy atom. The van der Waals surface area contributed by atoms with E-state index in [0.717, 1.165) is 36.0 Å². The molecule has 4 aromatic rings. The van der Waals surface area contributed by atoms with Crippen LogP contribution in [0.25, 0.3) is 33.4 Å². The lowest BCUT2D eigenvalue weighted by molar-refractivity contribution is 0.281. The Kier molecular flexibility index (Phi) is 6.24. The number of aromatic nitrogens is 3. The van der Waals surface area contributed by atoms with Gasteiger partial charge in [0, 0.05) is 29.4 Å². The van der Waals surface area contributed by atoms with Gasteiger partial charge in [-0.25, -0.2) is 9.37 Å². The molecule has 2 aromatic heterocycles. The number of phenolic OH excluding ortho intramolecular Hbond substituents is 1. The first-order valence-corrected chi connectivity index (χ1v) is 10.5. The molecule has 0 spiro atoms. The second-order valence-electron chi connectivity index (χ2n) is 8.06. The van der Waals surface area contributed by atoms with Crippen LogP contribution < -0.4 is 4.74 Å². The van der Waals surface area contributed by atoms with Gasteiger partial charge in [0.05, 0.1) is 23.3 Å². The summed E-state index contributed by atoms with van der Waals surface area (Å²) in [5.41, 5.74) is 3.05. The van der Waals surface area contributed by atoms with E-state index in [2.05, 4.69) is 26.2 Å². The number of aromatic hydroxyl groups is 1. The Balaban J connectivity index is 1.80. The van der Waals surface area contributed by atoms with Crippen LogP contribution in [0.5, 0.6) is 11.5 Å². The van der Waals surface area contributed by atoms with Crippen LogP contribution in [-0.2, 0) is 0 Å². The number of rotatable bonds is 7. The Morgan fingerprint density at radius 3 is 2.61 bits per heavy atom. The average molecular weight is 445 g/mol. The molecule has 8 heteroatoms. The van der Waals surface area contributed by atoms with Crippen molar-refractivity contribution in [2.75, 3.05) is 27.2 Å². The minimum Gasteiger partial charge on any atom is -0.508 e. The zero-order chi connectivity index (χ0) is 23.5. The largest absolute Gasteiger partial charge is 0.508 e. The molecule has 0 amide bonds. The Hall–Kier alpha value is -3.96. The fraction of sp³-hybridized carbons (Fsp3) is 0.240. The van der Waals surface area contributed by atoms with Gasteiger partial charge in [-0.05, 0) is 57.3 Å². The van der Waals surface area contributed by atoms with Gasteiger partial charge in [0.2, 0.25) is 0 Å². The second kappa shape index (κ2) is 9.27. The van der Waals surface area contributed by atoms with Gasteiger partial charge in [-0.2, -0.15) is 10.4 Å². The van der Waals surface area contributed by atoms with Crippen molar-refractivity contribution in [2.24, 2.45) is 0 Å². The number of nitrogens with one attached hydrogen (secondary N) is 1. The Labute approximate surface area is 191 Å². The number of ether oxygens (including phenoxy) is 1. The Bertz CT molecular complexity index is 1340. The van der Waals surface area contributed by atoms with E-state index in [0.29, 0.717) is 23.2 Å². The minimum absolute atomic E-state index is 0.119. The minimum atomic E-state index is -0.668. The number of hydrogen-bond donors (Lipinski definition) is 2. The highest BCUT2D eigenvalue weighted by molar-refractivity contribution is 6.00. The molecule has 2 N–H and O–H groups in total. The van der Waals surface area contributed by atoms with Crippen LogP contribution in [0.15, 0.2) is 42.5 Å². The summed E-state index contributed by atoms with van der Waals surface area (Å²) in [6, 6.07) is 13.4. The van der Waals surface area contributed by atoms with Crippen LogP contribution in [0.1, 0.15) is 17.7 Å². The average Bonchev–Trinajstić information content (AvgIpc) is 3.16. The van der Waals surface area contributed by atoms with E-state index < -0.39 is 5.82 Å². The molecule has 4 rings (SSSR count). The lowest BCUT2D eigenvalue weighted by atomic mass is 9.93. The molecular formula is C25H24FN5O2. The van der Waals surface area contributed by atoms with Crippen molar-refractivity contribution in [3.63, 3.8) is 0 Å². The van der Waals surface area contributed by atoms with Gasteiger partial charge in [0.15, 0.2) is 5.65 Å². The molecule has 0 aliphatic heterocycles. The first-order chi connectivity index (χ1) is 15.9. The molecule has 0 unspecified atom stereocenters. The summed E-state index contributed by atoms with van der Waals surface area (Å²) in [6.45, 7) is 3.39. The lowest BCUT2D eigenvalue weighted by Crippen LogP contribution is -2.15. The zero-order valence-corrected chi connectivity index (χ0v) is 18.7. The van der Waals surface area contributed by atoms with Crippen molar-refractivity contribution in [2.45, 2.75) is 13.3 Å². The molecule has 0 saturated carbocycles. The van der Waals surface area contributed by atoms with Crippen molar-refractivity contribution >= 4 is 11.0 Å². The van der Waals surface area contributed by atoms with Crippen LogP contribution >= 0.6 is 0 Å². The molecule has 0 aliphatic carbocycles. The summed E-state index contributed by atoms with van der Waals surface area (Å²) in [7, 11) is 4.04. The van der Waals surface area contributed by atoms with Crippen LogP contribution in [0.2, 0.25) is 0 Å². The number of hydrogen-bond acceptors (Lipinski definition) is 6. The molecule has 33 heavy (non-hydrogen) atoms. The summed E-state index contributed by atoms with van der Waals surface area (Å²) in [5.74, 6) is -0.138. The first kappa shape index (κ1) is 22.2. The van der Waals surface area contributed by atoms with Crippen LogP contribution in [0.3, 0.4) is 0 Å². The van der Waals surface area contributed by atoms with Gasteiger partial charge >= 0.3 is 0 Å². The molecule has 0 fully saturated rings. The molecule has 0 atom stereocenters. The van der Waals surface area contributed by atoms with E-state index in [-0.39, 0.29) is 22.6 Å². The van der Waals surface area contributed by atoms with Crippen LogP contribution in [-0.4, -0.2) is 52.4 Å². The maximum atomic E-state index is 14.7. The van der Waals surface area contributed by atoms with E-state index >= 15 is 0 Å². The van der Waals surface area contributed by atoms with Gasteiger partial charge in [-0.15, -0.1) is 0 Å². The summed E-state index contributed by atoms with van der Waals surface area (Å²) in [6.07, 6.45) is 0.911. The normalized spacial score (nSPS) is 11.2. The number of H-pyrrole nitrogens is 1. The smallest absolute Gasteiger partial charge is 0.182 e. The first-order valence-electron chi connectivity index (χ1n) is 10.5. The number of nitrogens with zero attached hydrogens (tertiary/aromatic N) is 4. The molecule has 7 nitrogen and oxygen atoms in total. The number of halogens is 1. The highest BCUT2D eigenvalue weighted by Gasteiger charge is 2.22.